The number of alkyl halides is 4. The van der Waals surface area contributed by atoms with E-state index in [4.69, 9.17) is 21.2 Å². The third kappa shape index (κ3) is 3.91. The van der Waals surface area contributed by atoms with E-state index in [-0.39, 0.29) is 10.8 Å². The Balaban J connectivity index is 2.24. The van der Waals surface area contributed by atoms with Crippen LogP contribution in [0, 0.1) is 0 Å². The van der Waals surface area contributed by atoms with Crippen LogP contribution in [-0.2, 0) is 25.7 Å². The molecule has 1 aliphatic heterocycles. The highest BCUT2D eigenvalue weighted by Crippen LogP contribution is 2.52. The van der Waals surface area contributed by atoms with Crippen molar-refractivity contribution in [3.05, 3.63) is 58.1 Å². The van der Waals surface area contributed by atoms with E-state index in [0.29, 0.717) is 17.0 Å². The highest BCUT2D eigenvalue weighted by atomic mass is 35.5. The lowest BCUT2D eigenvalue weighted by atomic mass is 9.88. The summed E-state index contributed by atoms with van der Waals surface area (Å²) in [5, 5.41) is 0.0122. The molecule has 0 aliphatic carbocycles. The first-order chi connectivity index (χ1) is 13.8. The van der Waals surface area contributed by atoms with Crippen LogP contribution in [0.25, 0.3) is 0 Å². The summed E-state index contributed by atoms with van der Waals surface area (Å²) >= 11 is 5.90. The SMILES string of the molecule is COc1ccc(Cl)cc1C1(F)C(=O)N(COP(=O)([O-])O)c2cc(C(F)(F)F)ccc21. The molecule has 162 valence electrons. The van der Waals surface area contributed by atoms with Gasteiger partial charge in [-0.25, -0.2) is 4.39 Å². The van der Waals surface area contributed by atoms with Gasteiger partial charge in [0.15, 0.2) is 0 Å². The summed E-state index contributed by atoms with van der Waals surface area (Å²) in [4.78, 5) is 33.0. The molecule has 0 fully saturated rings. The molecule has 7 nitrogen and oxygen atoms in total. The summed E-state index contributed by atoms with van der Waals surface area (Å²) in [6.45, 7) is -1.25. The standard InChI is InChI=1S/C17H13ClF4NO6P/c1-28-14-5-3-10(18)7-12(14)16(19)11-4-2-9(17(20,21)22)6-13(11)23(15(16)24)8-29-30(25,26)27/h2-7H,8H2,1H3,(H2,25,26,27)/p-1. The van der Waals surface area contributed by atoms with Gasteiger partial charge < -0.3 is 14.5 Å². The van der Waals surface area contributed by atoms with Crippen molar-refractivity contribution in [2.75, 3.05) is 18.7 Å². The average Bonchev–Trinajstić information content (AvgIpc) is 2.86. The van der Waals surface area contributed by atoms with Crippen molar-refractivity contribution in [2.24, 2.45) is 0 Å². The van der Waals surface area contributed by atoms with Crippen molar-refractivity contribution < 1.29 is 46.0 Å². The van der Waals surface area contributed by atoms with Gasteiger partial charge in [-0.2, -0.15) is 13.2 Å². The fraction of sp³-hybridized carbons (Fsp3) is 0.235. The lowest BCUT2D eigenvalue weighted by molar-refractivity contribution is -0.219. The van der Waals surface area contributed by atoms with Gasteiger partial charge in [-0.3, -0.25) is 18.8 Å². The number of phosphoric acid groups is 1. The maximum Gasteiger partial charge on any atom is 0.416 e. The van der Waals surface area contributed by atoms with Gasteiger partial charge in [0.25, 0.3) is 13.7 Å². The number of hydrogen-bond acceptors (Lipinski definition) is 5. The number of rotatable bonds is 5. The van der Waals surface area contributed by atoms with Crippen molar-refractivity contribution in [1.82, 2.24) is 0 Å². The summed E-state index contributed by atoms with van der Waals surface area (Å²) < 4.78 is 75.8. The van der Waals surface area contributed by atoms with Crippen LogP contribution < -0.4 is 14.5 Å². The Bertz CT molecular complexity index is 1060. The van der Waals surface area contributed by atoms with Crippen molar-refractivity contribution in [1.29, 1.82) is 0 Å². The van der Waals surface area contributed by atoms with Crippen LogP contribution in [0.1, 0.15) is 16.7 Å². The number of carbonyl (C=O) groups excluding carboxylic acids is 1. The van der Waals surface area contributed by atoms with E-state index in [0.717, 1.165) is 12.1 Å². The molecule has 0 saturated heterocycles. The Labute approximate surface area is 172 Å². The molecular formula is C17H12ClF4NO6P-. The average molecular weight is 469 g/mol. The number of amides is 1. The van der Waals surface area contributed by atoms with Crippen LogP contribution in [-0.4, -0.2) is 24.6 Å². The minimum atomic E-state index is -5.37. The van der Waals surface area contributed by atoms with Crippen molar-refractivity contribution in [2.45, 2.75) is 11.8 Å². The highest BCUT2D eigenvalue weighted by molar-refractivity contribution is 7.44. The third-order valence-electron chi connectivity index (χ3n) is 4.41. The normalized spacial score (nSPS) is 20.8. The van der Waals surface area contributed by atoms with E-state index in [9.17, 15) is 27.4 Å². The summed E-state index contributed by atoms with van der Waals surface area (Å²) in [5.41, 5.74) is -5.78. The first-order valence-corrected chi connectivity index (χ1v) is 9.91. The third-order valence-corrected chi connectivity index (χ3v) is 5.09. The lowest BCUT2D eigenvalue weighted by Crippen LogP contribution is -2.39. The molecule has 13 heteroatoms. The van der Waals surface area contributed by atoms with Crippen molar-refractivity contribution >= 4 is 31.0 Å². The fourth-order valence-corrected chi connectivity index (χ4v) is 3.54. The molecule has 2 atom stereocenters. The molecule has 2 aromatic carbocycles. The van der Waals surface area contributed by atoms with Crippen LogP contribution >= 0.6 is 19.4 Å². The minimum Gasteiger partial charge on any atom is -0.756 e. The van der Waals surface area contributed by atoms with Gasteiger partial charge in [0.2, 0.25) is 5.67 Å². The Kier molecular flexibility index (Phi) is 5.63. The minimum absolute atomic E-state index is 0.0122. The molecule has 0 saturated carbocycles. The summed E-state index contributed by atoms with van der Waals surface area (Å²) in [6.07, 6.45) is -4.83. The maximum absolute atomic E-state index is 16.3. The van der Waals surface area contributed by atoms with E-state index in [1.165, 1.54) is 19.2 Å². The number of ether oxygens (including phenoxy) is 1. The highest BCUT2D eigenvalue weighted by Gasteiger charge is 2.55. The Morgan fingerprint density at radius 2 is 1.90 bits per heavy atom. The number of fused-ring (bicyclic) bond motifs is 1. The van der Waals surface area contributed by atoms with Crippen LogP contribution in [0.5, 0.6) is 5.75 Å². The Morgan fingerprint density at radius 3 is 2.47 bits per heavy atom. The predicted octanol–water partition coefficient (Wildman–Crippen LogP) is 3.36. The van der Waals surface area contributed by atoms with Gasteiger partial charge in [-0.15, -0.1) is 0 Å². The number of hydrogen-bond donors (Lipinski definition) is 1. The first kappa shape index (κ1) is 22.5. The first-order valence-electron chi connectivity index (χ1n) is 8.04. The second kappa shape index (κ2) is 7.51. The molecule has 0 bridgehead atoms. The topological polar surface area (TPSA) is 99.1 Å². The van der Waals surface area contributed by atoms with Gasteiger partial charge in [0.1, 0.15) is 12.5 Å². The van der Waals surface area contributed by atoms with Crippen LogP contribution in [0.2, 0.25) is 5.02 Å². The molecule has 3 rings (SSSR count). The lowest BCUT2D eigenvalue weighted by Gasteiger charge is -2.24. The van der Waals surface area contributed by atoms with Crippen LogP contribution in [0.15, 0.2) is 36.4 Å². The summed E-state index contributed by atoms with van der Waals surface area (Å²) in [5.74, 6) is -1.58. The second-order valence-electron chi connectivity index (χ2n) is 6.19. The molecule has 1 heterocycles. The molecule has 0 radical (unpaired) electrons. The van der Waals surface area contributed by atoms with Gasteiger partial charge in [-0.05, 0) is 30.3 Å². The fourth-order valence-electron chi connectivity index (χ4n) is 3.10. The molecule has 0 aromatic heterocycles. The number of nitrogens with zero attached hydrogens (tertiary/aromatic N) is 1. The van der Waals surface area contributed by atoms with Gasteiger partial charge in [0, 0.05) is 16.1 Å². The van der Waals surface area contributed by atoms with Crippen LogP contribution in [0.3, 0.4) is 0 Å². The molecule has 2 unspecified atom stereocenters. The predicted molar refractivity (Wildman–Crippen MR) is 94.6 cm³/mol. The maximum atomic E-state index is 16.3. The zero-order valence-electron chi connectivity index (χ0n) is 14.9. The smallest absolute Gasteiger partial charge is 0.416 e. The summed E-state index contributed by atoms with van der Waals surface area (Å²) in [6, 6.07) is 5.48. The number of carbonyl (C=O) groups is 1. The molecule has 1 aliphatic rings. The monoisotopic (exact) mass is 468 g/mol. The zero-order valence-corrected chi connectivity index (χ0v) is 16.6. The van der Waals surface area contributed by atoms with E-state index in [1.54, 1.807) is 0 Å². The molecule has 1 N–H and O–H groups in total. The van der Waals surface area contributed by atoms with E-state index in [2.05, 4.69) is 4.52 Å². The zero-order chi connectivity index (χ0) is 22.5. The van der Waals surface area contributed by atoms with Crippen molar-refractivity contribution in [3.8, 4) is 5.75 Å². The number of phosphoric ester groups is 1. The molecule has 30 heavy (non-hydrogen) atoms. The molecule has 2 aromatic rings. The van der Waals surface area contributed by atoms with Gasteiger partial charge in [0.05, 0.1) is 18.4 Å². The summed E-state index contributed by atoms with van der Waals surface area (Å²) in [7, 11) is -4.19. The second-order valence-corrected chi connectivity index (χ2v) is 7.82. The van der Waals surface area contributed by atoms with Crippen molar-refractivity contribution in [3.63, 3.8) is 0 Å². The largest absolute Gasteiger partial charge is 0.756 e. The number of benzene rings is 2. The molecule has 1 amide bonds. The number of anilines is 1. The number of halogens is 5. The van der Waals surface area contributed by atoms with E-state index in [1.807, 2.05) is 0 Å². The van der Waals surface area contributed by atoms with Gasteiger partial charge >= 0.3 is 6.18 Å². The Morgan fingerprint density at radius 1 is 1.23 bits per heavy atom. The van der Waals surface area contributed by atoms with E-state index < -0.39 is 54.7 Å². The Hall–Kier alpha value is -2.17. The van der Waals surface area contributed by atoms with E-state index >= 15 is 4.39 Å². The van der Waals surface area contributed by atoms with Crippen LogP contribution in [0.4, 0.5) is 23.2 Å². The number of methoxy groups -OCH3 is 1. The molecule has 0 spiro atoms. The van der Waals surface area contributed by atoms with Gasteiger partial charge in [-0.1, -0.05) is 17.7 Å². The molecular weight excluding hydrogens is 457 g/mol. The quantitative estimate of drug-likeness (QED) is 0.534.